The highest BCUT2D eigenvalue weighted by molar-refractivity contribution is 7.86. The Labute approximate surface area is 189 Å². The molecule has 0 spiro atoms. The molecule has 0 saturated carbocycles. The average molecular weight is 456 g/mol. The van der Waals surface area contributed by atoms with Crippen molar-refractivity contribution in [2.45, 2.75) is 31.6 Å². The molecule has 3 aliphatic rings. The molecule has 2 heterocycles. The first-order valence-corrected chi connectivity index (χ1v) is 12.4. The number of anilines is 1. The van der Waals surface area contributed by atoms with Crippen molar-refractivity contribution in [1.82, 2.24) is 13.9 Å². The first-order valence-electron chi connectivity index (χ1n) is 11.0. The molecular formula is C23H29N5O3S. The molecule has 170 valence electrons. The number of carbonyl (C=O) groups excluding carboxylic acids is 1. The zero-order valence-corrected chi connectivity index (χ0v) is 19.3. The summed E-state index contributed by atoms with van der Waals surface area (Å²) < 4.78 is 27.4. The number of amides is 1. The molecule has 32 heavy (non-hydrogen) atoms. The highest BCUT2D eigenvalue weighted by Crippen LogP contribution is 2.35. The average Bonchev–Trinajstić information content (AvgIpc) is 3.28. The van der Waals surface area contributed by atoms with Crippen LogP contribution in [-0.4, -0.2) is 56.7 Å². The van der Waals surface area contributed by atoms with E-state index in [0.29, 0.717) is 25.3 Å². The minimum Gasteiger partial charge on any atom is -0.379 e. The van der Waals surface area contributed by atoms with E-state index in [1.807, 2.05) is 12.1 Å². The van der Waals surface area contributed by atoms with Crippen LogP contribution >= 0.6 is 0 Å². The van der Waals surface area contributed by atoms with Gasteiger partial charge in [0.1, 0.15) is 0 Å². The Hall–Kier alpha value is -2.67. The zero-order chi connectivity index (χ0) is 22.9. The summed E-state index contributed by atoms with van der Waals surface area (Å²) in [4.78, 5) is 12.8. The van der Waals surface area contributed by atoms with Crippen LogP contribution in [0.4, 0.5) is 5.69 Å². The van der Waals surface area contributed by atoms with E-state index in [4.69, 9.17) is 5.26 Å². The molecule has 2 aliphatic heterocycles. The Bertz CT molecular complexity index is 1100. The van der Waals surface area contributed by atoms with Gasteiger partial charge in [-0.2, -0.15) is 22.3 Å². The van der Waals surface area contributed by atoms with E-state index in [1.165, 1.54) is 14.2 Å². The largest absolute Gasteiger partial charge is 0.379 e. The van der Waals surface area contributed by atoms with Gasteiger partial charge in [0.25, 0.3) is 16.1 Å². The molecule has 1 aromatic carbocycles. The second-order valence-electron chi connectivity index (χ2n) is 8.70. The predicted octanol–water partition coefficient (Wildman–Crippen LogP) is 2.41. The van der Waals surface area contributed by atoms with Crippen LogP contribution in [0.3, 0.4) is 0 Å². The second-order valence-corrected chi connectivity index (χ2v) is 10.8. The van der Waals surface area contributed by atoms with Crippen LogP contribution in [0.15, 0.2) is 36.0 Å². The number of likely N-dealkylation sites (N-methyl/N-ethyl adjacent to an activating group) is 2. The van der Waals surface area contributed by atoms with Crippen molar-refractivity contribution in [2.24, 2.45) is 5.92 Å². The minimum atomic E-state index is -3.39. The minimum absolute atomic E-state index is 0.0387. The molecule has 1 aliphatic carbocycles. The standard InChI is InChI=1S/C23H29N5O3S/c1-27-14-19(15-28(2)32(27,30)31)18-8-9-21(20(11-18)17-6-4-3-5-7-17)26-23(29)22-10-16(12-24)13-25-22/h6,8-11,16,19,25H,3-5,7,13-15H2,1-2H3,(H,26,29). The summed E-state index contributed by atoms with van der Waals surface area (Å²) in [6.45, 7) is 1.29. The maximum absolute atomic E-state index is 12.8. The van der Waals surface area contributed by atoms with Gasteiger partial charge in [-0.05, 0) is 55.0 Å². The highest BCUT2D eigenvalue weighted by Gasteiger charge is 2.34. The third kappa shape index (κ3) is 4.44. The fourth-order valence-electron chi connectivity index (χ4n) is 4.56. The topological polar surface area (TPSA) is 106 Å². The van der Waals surface area contributed by atoms with E-state index >= 15 is 0 Å². The molecule has 4 rings (SSSR count). The number of allylic oxidation sites excluding steroid dienone is 2. The van der Waals surface area contributed by atoms with Gasteiger partial charge in [-0.1, -0.05) is 12.1 Å². The fraction of sp³-hybridized carbons (Fsp3) is 0.478. The van der Waals surface area contributed by atoms with Gasteiger partial charge in [0, 0.05) is 50.9 Å². The van der Waals surface area contributed by atoms with Crippen molar-refractivity contribution in [3.05, 3.63) is 47.2 Å². The zero-order valence-electron chi connectivity index (χ0n) is 18.5. The van der Waals surface area contributed by atoms with E-state index in [-0.39, 0.29) is 17.7 Å². The van der Waals surface area contributed by atoms with E-state index in [9.17, 15) is 13.2 Å². The Balaban J connectivity index is 1.64. The molecular weight excluding hydrogens is 426 g/mol. The van der Waals surface area contributed by atoms with Crippen LogP contribution < -0.4 is 10.6 Å². The predicted molar refractivity (Wildman–Crippen MR) is 124 cm³/mol. The Morgan fingerprint density at radius 2 is 1.97 bits per heavy atom. The van der Waals surface area contributed by atoms with Crippen molar-refractivity contribution in [3.63, 3.8) is 0 Å². The summed E-state index contributed by atoms with van der Waals surface area (Å²) in [5, 5.41) is 15.1. The van der Waals surface area contributed by atoms with Gasteiger partial charge in [0.15, 0.2) is 0 Å². The molecule has 9 heteroatoms. The van der Waals surface area contributed by atoms with Gasteiger partial charge in [-0.15, -0.1) is 0 Å². The van der Waals surface area contributed by atoms with Crippen LogP contribution in [0.5, 0.6) is 0 Å². The normalized spacial score (nSPS) is 24.2. The van der Waals surface area contributed by atoms with Crippen molar-refractivity contribution < 1.29 is 13.2 Å². The van der Waals surface area contributed by atoms with Crippen LogP contribution in [-0.2, 0) is 15.0 Å². The molecule has 2 N–H and O–H groups in total. The lowest BCUT2D eigenvalue weighted by molar-refractivity contribution is -0.113. The number of nitrogens with zero attached hydrogens (tertiary/aromatic N) is 3. The lowest BCUT2D eigenvalue weighted by Gasteiger charge is -2.36. The molecule has 1 fully saturated rings. The highest BCUT2D eigenvalue weighted by atomic mass is 32.2. The third-order valence-corrected chi connectivity index (χ3v) is 8.31. The molecule has 0 aromatic heterocycles. The van der Waals surface area contributed by atoms with Crippen molar-refractivity contribution in [1.29, 1.82) is 5.26 Å². The molecule has 0 radical (unpaired) electrons. The van der Waals surface area contributed by atoms with Gasteiger partial charge in [0.05, 0.1) is 17.7 Å². The number of hydrogen-bond donors (Lipinski definition) is 2. The first-order chi connectivity index (χ1) is 15.3. The second kappa shape index (κ2) is 9.06. The number of nitrogens with one attached hydrogen (secondary N) is 2. The smallest absolute Gasteiger partial charge is 0.281 e. The van der Waals surface area contributed by atoms with Gasteiger partial charge < -0.3 is 10.6 Å². The lowest BCUT2D eigenvalue weighted by atomic mass is 9.89. The maximum Gasteiger partial charge on any atom is 0.281 e. The summed E-state index contributed by atoms with van der Waals surface area (Å²) in [6.07, 6.45) is 8.12. The molecule has 1 aromatic rings. The summed E-state index contributed by atoms with van der Waals surface area (Å²) >= 11 is 0. The number of rotatable bonds is 4. The molecule has 1 unspecified atom stereocenters. The van der Waals surface area contributed by atoms with Crippen LogP contribution in [0, 0.1) is 17.2 Å². The third-order valence-electron chi connectivity index (χ3n) is 6.43. The summed E-state index contributed by atoms with van der Waals surface area (Å²) in [5.74, 6) is -0.511. The van der Waals surface area contributed by atoms with E-state index in [0.717, 1.165) is 42.5 Å². The molecule has 0 bridgehead atoms. The number of nitriles is 1. The van der Waals surface area contributed by atoms with E-state index < -0.39 is 10.2 Å². The Morgan fingerprint density at radius 3 is 2.59 bits per heavy atom. The number of benzene rings is 1. The monoisotopic (exact) mass is 455 g/mol. The molecule has 1 amide bonds. The number of carbonyl (C=O) groups is 1. The summed E-state index contributed by atoms with van der Waals surface area (Å²) in [6, 6.07) is 8.15. The van der Waals surface area contributed by atoms with E-state index in [2.05, 4.69) is 28.8 Å². The summed E-state index contributed by atoms with van der Waals surface area (Å²) in [5.41, 5.74) is 4.41. The number of hydrogen-bond acceptors (Lipinski definition) is 5. The lowest BCUT2D eigenvalue weighted by Crippen LogP contribution is -2.49. The summed E-state index contributed by atoms with van der Waals surface area (Å²) in [7, 11) is -0.180. The fourth-order valence-corrected chi connectivity index (χ4v) is 5.77. The van der Waals surface area contributed by atoms with Gasteiger partial charge in [-0.25, -0.2) is 0 Å². The molecule has 1 atom stereocenters. The van der Waals surface area contributed by atoms with Crippen molar-refractivity contribution in [2.75, 3.05) is 39.0 Å². The van der Waals surface area contributed by atoms with Crippen LogP contribution in [0.2, 0.25) is 0 Å². The van der Waals surface area contributed by atoms with Gasteiger partial charge in [0.2, 0.25) is 0 Å². The quantitative estimate of drug-likeness (QED) is 0.725. The SMILES string of the molecule is CN1CC(c2ccc(NC(=O)C3=CC(C#N)CN3)c(C3=CCCCC3)c2)CN(C)S1(=O)=O. The van der Waals surface area contributed by atoms with Crippen molar-refractivity contribution >= 4 is 27.4 Å². The Morgan fingerprint density at radius 1 is 1.22 bits per heavy atom. The van der Waals surface area contributed by atoms with Crippen LogP contribution in [0.25, 0.3) is 5.57 Å². The van der Waals surface area contributed by atoms with Crippen molar-refractivity contribution in [3.8, 4) is 6.07 Å². The van der Waals surface area contributed by atoms with Gasteiger partial charge in [-0.3, -0.25) is 4.79 Å². The van der Waals surface area contributed by atoms with Gasteiger partial charge >= 0.3 is 0 Å². The maximum atomic E-state index is 12.8. The first kappa shape index (κ1) is 22.5. The molecule has 8 nitrogen and oxygen atoms in total. The van der Waals surface area contributed by atoms with E-state index in [1.54, 1.807) is 20.2 Å². The molecule has 1 saturated heterocycles. The Kier molecular flexibility index (Phi) is 6.38. The van der Waals surface area contributed by atoms with Crippen LogP contribution in [0.1, 0.15) is 42.7 Å².